The summed E-state index contributed by atoms with van der Waals surface area (Å²) in [4.78, 5) is 45.2. The number of rotatable bonds is 10. The molecule has 37 heavy (non-hydrogen) atoms. The zero-order chi connectivity index (χ0) is 27.1. The van der Waals surface area contributed by atoms with Gasteiger partial charge < -0.3 is 15.0 Å². The van der Waals surface area contributed by atoms with Crippen molar-refractivity contribution < 1.29 is 23.5 Å². The van der Waals surface area contributed by atoms with Crippen LogP contribution in [-0.4, -0.2) is 42.8 Å². The Hall–Kier alpha value is -3.55. The Morgan fingerprint density at radius 2 is 1.81 bits per heavy atom. The number of carbonyl (C=O) groups is 3. The molecule has 0 saturated heterocycles. The molecule has 0 spiro atoms. The molecule has 3 rings (SSSR count). The number of ether oxygens (including phenoxy) is 1. The molecule has 198 valence electrons. The molecule has 2 aromatic rings. The average Bonchev–Trinajstić information content (AvgIpc) is 2.96. The number of nitrogens with one attached hydrogen (secondary N) is 1. The molecule has 0 bridgehead atoms. The molecule has 0 saturated carbocycles. The molecule has 0 aromatic heterocycles. The Balaban J connectivity index is 2.01. The van der Waals surface area contributed by atoms with Gasteiger partial charge in [-0.05, 0) is 49.1 Å². The van der Waals surface area contributed by atoms with Gasteiger partial charge in [0.05, 0.1) is 17.3 Å². The second-order valence-corrected chi connectivity index (χ2v) is 9.84. The van der Waals surface area contributed by atoms with Crippen molar-refractivity contribution in [1.82, 2.24) is 5.32 Å². The van der Waals surface area contributed by atoms with Gasteiger partial charge in [0.1, 0.15) is 11.9 Å². The first-order valence-electron chi connectivity index (χ1n) is 12.8. The van der Waals surface area contributed by atoms with E-state index in [1.807, 2.05) is 39.0 Å². The second kappa shape index (κ2) is 12.6. The maximum absolute atomic E-state index is 13.7. The van der Waals surface area contributed by atoms with E-state index in [1.165, 1.54) is 24.0 Å². The molecule has 0 radical (unpaired) electrons. The molecule has 1 N–H and O–H groups in total. The quantitative estimate of drug-likeness (QED) is 0.463. The summed E-state index contributed by atoms with van der Waals surface area (Å²) < 4.78 is 19.2. The molecule has 1 heterocycles. The van der Waals surface area contributed by atoms with E-state index in [0.29, 0.717) is 35.4 Å². The number of fused-ring (bicyclic) bond motifs is 1. The molecule has 7 nitrogen and oxygen atoms in total. The number of esters is 1. The Bertz CT molecular complexity index is 1150. The van der Waals surface area contributed by atoms with Crippen LogP contribution in [0.1, 0.15) is 64.5 Å². The third kappa shape index (κ3) is 7.02. The number of carbonyl (C=O) groups excluding carboxylic acids is 3. The van der Waals surface area contributed by atoms with Crippen LogP contribution >= 0.6 is 0 Å². The van der Waals surface area contributed by atoms with Gasteiger partial charge >= 0.3 is 5.97 Å². The number of amides is 2. The maximum atomic E-state index is 13.7. The van der Waals surface area contributed by atoms with E-state index in [0.717, 1.165) is 12.8 Å². The maximum Gasteiger partial charge on any atom is 0.302 e. The number of anilines is 1. The number of unbranched alkanes of at least 4 members (excludes halogenated alkanes) is 1. The Morgan fingerprint density at radius 1 is 1.14 bits per heavy atom. The summed E-state index contributed by atoms with van der Waals surface area (Å²) in [6, 6.07) is 13.2. The van der Waals surface area contributed by atoms with E-state index >= 15 is 0 Å². The van der Waals surface area contributed by atoms with Gasteiger partial charge in [0, 0.05) is 25.1 Å². The van der Waals surface area contributed by atoms with Crippen LogP contribution in [-0.2, 0) is 19.1 Å². The van der Waals surface area contributed by atoms with Gasteiger partial charge in [-0.2, -0.15) is 0 Å². The van der Waals surface area contributed by atoms with Crippen molar-refractivity contribution in [2.45, 2.75) is 65.6 Å². The zero-order valence-electron chi connectivity index (χ0n) is 22.2. The van der Waals surface area contributed by atoms with E-state index in [1.54, 1.807) is 25.2 Å². The fourth-order valence-corrected chi connectivity index (χ4v) is 4.59. The molecule has 8 heteroatoms. The van der Waals surface area contributed by atoms with E-state index in [-0.39, 0.29) is 11.7 Å². The van der Waals surface area contributed by atoms with Crippen LogP contribution in [0.3, 0.4) is 0 Å². The first-order chi connectivity index (χ1) is 17.6. The van der Waals surface area contributed by atoms with Gasteiger partial charge in [-0.25, -0.2) is 9.38 Å². The van der Waals surface area contributed by atoms with Crippen LogP contribution in [0.15, 0.2) is 53.5 Å². The van der Waals surface area contributed by atoms with E-state index < -0.39 is 36.0 Å². The highest BCUT2D eigenvalue weighted by Crippen LogP contribution is 2.28. The molecular formula is C29H36FN3O4. The van der Waals surface area contributed by atoms with Crippen molar-refractivity contribution >= 4 is 29.2 Å². The van der Waals surface area contributed by atoms with Crippen molar-refractivity contribution in [2.75, 3.05) is 11.9 Å². The summed E-state index contributed by atoms with van der Waals surface area (Å²) in [5.41, 5.74) is 2.42. The molecule has 1 unspecified atom stereocenters. The van der Waals surface area contributed by atoms with Gasteiger partial charge in [0.15, 0.2) is 0 Å². The highest BCUT2D eigenvalue weighted by molar-refractivity contribution is 6.20. The summed E-state index contributed by atoms with van der Waals surface area (Å²) in [6.07, 6.45) is 0.921. The van der Waals surface area contributed by atoms with Crippen molar-refractivity contribution in [2.24, 2.45) is 16.8 Å². The SMILES string of the molecule is CCCC[C@H](OC(C)=O)[C@@H](CC(C)C)C(=O)NC1N=C(c2ccc(F)cc2)c2ccccc2N(C)C1=O. The Labute approximate surface area is 218 Å². The van der Waals surface area contributed by atoms with E-state index in [2.05, 4.69) is 5.32 Å². The lowest BCUT2D eigenvalue weighted by atomic mass is 9.88. The fraction of sp³-hybridized carbons (Fsp3) is 0.448. The van der Waals surface area contributed by atoms with Gasteiger partial charge in [0.25, 0.3) is 5.91 Å². The minimum Gasteiger partial charge on any atom is -0.462 e. The number of hydrogen-bond donors (Lipinski definition) is 1. The summed E-state index contributed by atoms with van der Waals surface area (Å²) >= 11 is 0. The monoisotopic (exact) mass is 509 g/mol. The number of hydrogen-bond acceptors (Lipinski definition) is 5. The first-order valence-corrected chi connectivity index (χ1v) is 12.8. The van der Waals surface area contributed by atoms with Crippen LogP contribution in [0, 0.1) is 17.7 Å². The molecule has 3 atom stereocenters. The molecule has 1 aliphatic rings. The summed E-state index contributed by atoms with van der Waals surface area (Å²) in [6.45, 7) is 7.36. The molecule has 1 aliphatic heterocycles. The van der Waals surface area contributed by atoms with Crippen molar-refractivity contribution in [3.63, 3.8) is 0 Å². The molecule has 2 aromatic carbocycles. The largest absolute Gasteiger partial charge is 0.462 e. The lowest BCUT2D eigenvalue weighted by Gasteiger charge is -2.29. The number of aliphatic imine (C=N–C) groups is 1. The van der Waals surface area contributed by atoms with Crippen LogP contribution in [0.5, 0.6) is 0 Å². The molecular weight excluding hydrogens is 473 g/mol. The minimum atomic E-state index is -1.20. The standard InChI is InChI=1S/C29H36FN3O4/c1-6-7-12-25(37-19(4)34)23(17-18(2)3)28(35)32-27-29(36)33(5)24-11-9-8-10-22(24)26(31-27)20-13-15-21(30)16-14-20/h8-11,13-16,18,23,25,27H,6-7,12,17H2,1-5H3,(H,32,35)/t23-,25+,27?/m1/s1. The smallest absolute Gasteiger partial charge is 0.302 e. The third-order valence-corrected chi connectivity index (χ3v) is 6.41. The lowest BCUT2D eigenvalue weighted by Crippen LogP contribution is -2.50. The van der Waals surface area contributed by atoms with Crippen molar-refractivity contribution in [1.29, 1.82) is 0 Å². The highest BCUT2D eigenvalue weighted by Gasteiger charge is 2.36. The van der Waals surface area contributed by atoms with E-state index in [9.17, 15) is 18.8 Å². The lowest BCUT2D eigenvalue weighted by molar-refractivity contribution is -0.153. The van der Waals surface area contributed by atoms with Crippen LogP contribution < -0.4 is 10.2 Å². The number of nitrogens with zero attached hydrogens (tertiary/aromatic N) is 2. The summed E-state index contributed by atoms with van der Waals surface area (Å²) in [5.74, 6) is -2.10. The van der Waals surface area contributed by atoms with Crippen LogP contribution in [0.2, 0.25) is 0 Å². The number of likely N-dealkylation sites (N-methyl/N-ethyl adjacent to an activating group) is 1. The Morgan fingerprint density at radius 3 is 2.43 bits per heavy atom. The predicted molar refractivity (Wildman–Crippen MR) is 142 cm³/mol. The molecule has 0 aliphatic carbocycles. The molecule has 0 fully saturated rings. The third-order valence-electron chi connectivity index (χ3n) is 6.41. The van der Waals surface area contributed by atoms with E-state index in [4.69, 9.17) is 9.73 Å². The van der Waals surface area contributed by atoms with Gasteiger partial charge in [-0.3, -0.25) is 14.4 Å². The number of halogens is 1. The fourth-order valence-electron chi connectivity index (χ4n) is 4.59. The van der Waals surface area contributed by atoms with Crippen LogP contribution in [0.4, 0.5) is 10.1 Å². The Kier molecular flexibility index (Phi) is 9.55. The van der Waals surface area contributed by atoms with Gasteiger partial charge in [-0.15, -0.1) is 0 Å². The minimum absolute atomic E-state index is 0.158. The number of benzodiazepines with no additional fused rings is 1. The predicted octanol–water partition coefficient (Wildman–Crippen LogP) is 4.87. The normalized spacial score (nSPS) is 16.9. The average molecular weight is 510 g/mol. The summed E-state index contributed by atoms with van der Waals surface area (Å²) in [7, 11) is 1.64. The highest BCUT2D eigenvalue weighted by atomic mass is 19.1. The number of para-hydroxylation sites is 1. The second-order valence-electron chi connectivity index (χ2n) is 9.84. The molecule has 2 amide bonds. The first kappa shape index (κ1) is 28.0. The van der Waals surface area contributed by atoms with Gasteiger partial charge in [0.2, 0.25) is 12.1 Å². The zero-order valence-corrected chi connectivity index (χ0v) is 22.2. The van der Waals surface area contributed by atoms with Crippen LogP contribution in [0.25, 0.3) is 0 Å². The number of benzene rings is 2. The topological polar surface area (TPSA) is 88.1 Å². The van der Waals surface area contributed by atoms with Crippen molar-refractivity contribution in [3.8, 4) is 0 Å². The van der Waals surface area contributed by atoms with Crippen molar-refractivity contribution in [3.05, 3.63) is 65.5 Å². The summed E-state index contributed by atoms with van der Waals surface area (Å²) in [5, 5.41) is 2.84. The van der Waals surface area contributed by atoms with Gasteiger partial charge in [-0.1, -0.05) is 51.8 Å².